The second-order valence-corrected chi connectivity index (χ2v) is 10.5. The molecule has 3 aromatic rings. The van der Waals surface area contributed by atoms with Gasteiger partial charge in [0.15, 0.2) is 5.82 Å². The molecular formula is C26H30ClF2N7O3. The van der Waals surface area contributed by atoms with Crippen LogP contribution in [-0.4, -0.2) is 81.0 Å². The number of aromatic nitrogens is 3. The van der Waals surface area contributed by atoms with Gasteiger partial charge in [-0.15, -0.1) is 0 Å². The summed E-state index contributed by atoms with van der Waals surface area (Å²) < 4.78 is 40.4. The van der Waals surface area contributed by atoms with Gasteiger partial charge in [0, 0.05) is 30.9 Å². The first kappa shape index (κ1) is 27.4. The van der Waals surface area contributed by atoms with Crippen LogP contribution in [0.25, 0.3) is 5.52 Å². The van der Waals surface area contributed by atoms with E-state index < -0.39 is 23.8 Å². The van der Waals surface area contributed by atoms with Crippen molar-refractivity contribution in [3.8, 4) is 5.75 Å². The molecule has 5 rings (SSSR count). The van der Waals surface area contributed by atoms with Gasteiger partial charge in [-0.05, 0) is 32.8 Å². The van der Waals surface area contributed by atoms with E-state index >= 15 is 0 Å². The highest BCUT2D eigenvalue weighted by Gasteiger charge is 2.31. The van der Waals surface area contributed by atoms with Crippen LogP contribution < -0.4 is 10.6 Å². The zero-order valence-electron chi connectivity index (χ0n) is 21.6. The van der Waals surface area contributed by atoms with Crippen molar-refractivity contribution in [2.75, 3.05) is 32.9 Å². The molecule has 39 heavy (non-hydrogen) atoms. The SMILES string of the molecule is CC(=NC1CCN(C2COC2)CC1)/C(=N\N)c1cc(OC[C@](C)(O)c2ncc(F)cc2F)c2c(Cl)cnn2c1. The molecule has 208 valence electrons. The topological polar surface area (TPSA) is 123 Å². The Morgan fingerprint density at radius 2 is 2.03 bits per heavy atom. The number of rotatable bonds is 8. The van der Waals surface area contributed by atoms with Crippen molar-refractivity contribution >= 4 is 28.5 Å². The number of fused-ring (bicyclic) bond motifs is 1. The summed E-state index contributed by atoms with van der Waals surface area (Å²) in [4.78, 5) is 11.1. The van der Waals surface area contributed by atoms with Crippen LogP contribution in [0.3, 0.4) is 0 Å². The number of likely N-dealkylation sites (tertiary alicyclic amines) is 1. The number of halogens is 3. The van der Waals surface area contributed by atoms with E-state index in [2.05, 4.69) is 20.1 Å². The molecule has 0 aliphatic carbocycles. The molecule has 0 unspecified atom stereocenters. The number of nitrogens with zero attached hydrogens (tertiary/aromatic N) is 6. The Bertz CT molecular complexity index is 1420. The summed E-state index contributed by atoms with van der Waals surface area (Å²) in [6.07, 6.45) is 5.84. The lowest BCUT2D eigenvalue weighted by Crippen LogP contribution is -2.52. The Morgan fingerprint density at radius 3 is 2.67 bits per heavy atom. The Kier molecular flexibility index (Phi) is 7.81. The molecule has 2 fully saturated rings. The summed E-state index contributed by atoms with van der Waals surface area (Å²) in [7, 11) is 0. The molecule has 10 nitrogen and oxygen atoms in total. The number of hydrazone groups is 1. The third-order valence-electron chi connectivity index (χ3n) is 7.12. The molecule has 0 spiro atoms. The summed E-state index contributed by atoms with van der Waals surface area (Å²) in [5.74, 6) is 4.23. The average Bonchev–Trinajstić information content (AvgIpc) is 3.23. The fraction of sp³-hybridized carbons (Fsp3) is 0.462. The molecule has 0 amide bonds. The number of ether oxygens (including phenoxy) is 2. The summed E-state index contributed by atoms with van der Waals surface area (Å²) in [5, 5.41) is 19.5. The Balaban J connectivity index is 1.38. The number of hydrogen-bond acceptors (Lipinski definition) is 9. The monoisotopic (exact) mass is 561 g/mol. The molecule has 0 aromatic carbocycles. The van der Waals surface area contributed by atoms with Gasteiger partial charge in [0.25, 0.3) is 0 Å². The van der Waals surface area contributed by atoms with E-state index in [9.17, 15) is 13.9 Å². The van der Waals surface area contributed by atoms with E-state index in [4.69, 9.17) is 31.9 Å². The lowest BCUT2D eigenvalue weighted by molar-refractivity contribution is -0.0709. The molecule has 3 N–H and O–H groups in total. The molecule has 3 aromatic heterocycles. The molecule has 2 saturated heterocycles. The van der Waals surface area contributed by atoms with Crippen molar-refractivity contribution < 1.29 is 23.4 Å². The first-order valence-electron chi connectivity index (χ1n) is 12.6. The number of hydrogen-bond donors (Lipinski definition) is 2. The van der Waals surface area contributed by atoms with E-state index in [-0.39, 0.29) is 17.5 Å². The van der Waals surface area contributed by atoms with Gasteiger partial charge in [-0.25, -0.2) is 13.3 Å². The van der Waals surface area contributed by atoms with Gasteiger partial charge in [-0.3, -0.25) is 14.9 Å². The van der Waals surface area contributed by atoms with Crippen molar-refractivity contribution in [3.63, 3.8) is 0 Å². The average molecular weight is 562 g/mol. The van der Waals surface area contributed by atoms with Crippen molar-refractivity contribution in [1.82, 2.24) is 19.5 Å². The second kappa shape index (κ2) is 11.1. The smallest absolute Gasteiger partial charge is 0.150 e. The maximum atomic E-state index is 14.3. The molecule has 13 heteroatoms. The molecule has 2 aliphatic heterocycles. The minimum Gasteiger partial charge on any atom is -0.488 e. The molecule has 1 atom stereocenters. The maximum Gasteiger partial charge on any atom is 0.150 e. The summed E-state index contributed by atoms with van der Waals surface area (Å²) in [5.41, 5.74) is -0.117. The molecular weight excluding hydrogens is 532 g/mol. The summed E-state index contributed by atoms with van der Waals surface area (Å²) in [6.45, 7) is 6.29. The van der Waals surface area contributed by atoms with Crippen LogP contribution >= 0.6 is 11.6 Å². The fourth-order valence-electron chi connectivity index (χ4n) is 4.91. The minimum absolute atomic E-state index is 0.144. The molecule has 0 saturated carbocycles. The largest absolute Gasteiger partial charge is 0.488 e. The normalized spacial score (nSPS) is 19.7. The van der Waals surface area contributed by atoms with Gasteiger partial charge in [0.05, 0.1) is 48.4 Å². The van der Waals surface area contributed by atoms with Crippen molar-refractivity contribution in [1.29, 1.82) is 0 Å². The van der Waals surface area contributed by atoms with E-state index in [0.29, 0.717) is 39.6 Å². The maximum absolute atomic E-state index is 14.3. The quantitative estimate of drug-likeness (QED) is 0.246. The number of aliphatic imine (C=N–C) groups is 1. The highest BCUT2D eigenvalue weighted by atomic mass is 35.5. The van der Waals surface area contributed by atoms with Gasteiger partial charge in [-0.2, -0.15) is 10.2 Å². The third kappa shape index (κ3) is 5.74. The first-order valence-corrected chi connectivity index (χ1v) is 13.0. The Hall–Kier alpha value is -3.19. The van der Waals surface area contributed by atoms with Crippen molar-refractivity contribution in [2.45, 2.75) is 44.4 Å². The number of aliphatic hydroxyl groups is 1. The summed E-state index contributed by atoms with van der Waals surface area (Å²) in [6, 6.07) is 2.98. The van der Waals surface area contributed by atoms with Gasteiger partial charge in [0.1, 0.15) is 40.7 Å². The predicted octanol–water partition coefficient (Wildman–Crippen LogP) is 2.93. The van der Waals surface area contributed by atoms with Crippen LogP contribution in [0.4, 0.5) is 8.78 Å². The van der Waals surface area contributed by atoms with E-state index in [1.165, 1.54) is 17.6 Å². The lowest BCUT2D eigenvalue weighted by Gasteiger charge is -2.40. The minimum atomic E-state index is -1.88. The van der Waals surface area contributed by atoms with Gasteiger partial charge < -0.3 is 20.4 Å². The molecule has 2 aliphatic rings. The third-order valence-corrected chi connectivity index (χ3v) is 7.39. The van der Waals surface area contributed by atoms with E-state index in [0.717, 1.165) is 45.3 Å². The fourth-order valence-corrected chi connectivity index (χ4v) is 5.13. The lowest BCUT2D eigenvalue weighted by atomic mass is 10.0. The van der Waals surface area contributed by atoms with Crippen LogP contribution in [0.2, 0.25) is 5.02 Å². The molecule has 0 bridgehead atoms. The Morgan fingerprint density at radius 1 is 1.28 bits per heavy atom. The first-order chi connectivity index (χ1) is 18.7. The van der Waals surface area contributed by atoms with Gasteiger partial charge >= 0.3 is 0 Å². The van der Waals surface area contributed by atoms with Crippen LogP contribution in [0.5, 0.6) is 5.75 Å². The summed E-state index contributed by atoms with van der Waals surface area (Å²) >= 11 is 6.36. The standard InChI is InChI=1S/C26H30ClF2N7O3/c1-15(33-18-3-5-35(6-4-18)19-12-38-13-19)23(34-30)16-7-22(24-20(27)10-32-36(24)11-16)39-14-26(2,37)25-21(29)8-17(28)9-31-25/h7-11,18-19,37H,3-6,12-14,30H2,1-2H3/b33-15?,34-23+/t26-/m0/s1. The highest BCUT2D eigenvalue weighted by Crippen LogP contribution is 2.31. The highest BCUT2D eigenvalue weighted by molar-refractivity contribution is 6.47. The number of piperidine rings is 1. The van der Waals surface area contributed by atoms with E-state index in [1.807, 2.05) is 6.92 Å². The Labute approximate surface area is 229 Å². The van der Waals surface area contributed by atoms with E-state index in [1.54, 1.807) is 12.3 Å². The van der Waals surface area contributed by atoms with Gasteiger partial charge in [0.2, 0.25) is 0 Å². The second-order valence-electron chi connectivity index (χ2n) is 10.1. The van der Waals surface area contributed by atoms with Crippen molar-refractivity contribution in [2.24, 2.45) is 15.9 Å². The van der Waals surface area contributed by atoms with Crippen LogP contribution in [0.1, 0.15) is 37.9 Å². The van der Waals surface area contributed by atoms with Gasteiger partial charge in [-0.1, -0.05) is 11.6 Å². The molecule has 0 radical (unpaired) electrons. The predicted molar refractivity (Wildman–Crippen MR) is 142 cm³/mol. The van der Waals surface area contributed by atoms with Crippen LogP contribution in [0.15, 0.2) is 40.8 Å². The van der Waals surface area contributed by atoms with Crippen LogP contribution in [0, 0.1) is 11.6 Å². The zero-order chi connectivity index (χ0) is 27.7. The van der Waals surface area contributed by atoms with Crippen molar-refractivity contribution in [3.05, 3.63) is 58.6 Å². The number of pyridine rings is 2. The number of nitrogens with two attached hydrogens (primary N) is 1. The molecule has 5 heterocycles. The zero-order valence-corrected chi connectivity index (χ0v) is 22.4. The van der Waals surface area contributed by atoms with Crippen LogP contribution in [-0.2, 0) is 10.3 Å².